The molecule has 73 heavy (non-hydrogen) atoms. The molecule has 0 aliphatic carbocycles. The standard InChI is InChI=1S/C43H76N18O12/c1-23(55-40(70)34(32(63)18-47)60-36(66)26(48)8-2-4-12-44)35(65)53-20-33(64)56-28(10-6-14-46)41(71)61-21-25(62)17-31(61)39(69)59-30(16-24-19-51-22-54-24)38(68)57-27(9-3-5-13-45)37(67)58-29(42(72)73)11-7-15-52-43(49)50/h11,19,22-23,25-28,30-32,34,62-63H,2-10,12-18,20-21,44-48H2,1H3,(H,51,54)(H,53,65)(H,55,70)(H,56,64)(H,57,68)(H,58,67)(H,59,69)(H,60,66)(H,72,73)(H4,49,50,52)/b29-11-/t23-,25+,26-,27-,28+,30-,31-,32-,34-/m0/s1. The number of carboxylic acids is 1. The minimum atomic E-state index is -1.58. The predicted octanol–water partition coefficient (Wildman–Crippen LogP) is -8.13. The van der Waals surface area contributed by atoms with Crippen molar-refractivity contribution in [1.82, 2.24) is 52.1 Å². The maximum atomic E-state index is 14.2. The van der Waals surface area contributed by atoms with Crippen molar-refractivity contribution >= 4 is 59.2 Å². The Bertz CT molecular complexity index is 2040. The van der Waals surface area contributed by atoms with E-state index in [1.165, 1.54) is 25.5 Å². The van der Waals surface area contributed by atoms with Crippen LogP contribution in [0.3, 0.4) is 0 Å². The molecule has 0 saturated carbocycles. The molecule has 1 saturated heterocycles. The van der Waals surface area contributed by atoms with Crippen molar-refractivity contribution in [2.45, 2.75) is 132 Å². The van der Waals surface area contributed by atoms with Crippen LogP contribution < -0.4 is 77.4 Å². The first-order chi connectivity index (χ1) is 34.7. The quantitative estimate of drug-likeness (QED) is 0.0132. The smallest absolute Gasteiger partial charge is 0.352 e. The number of aromatic nitrogens is 2. The topological polar surface area (TPSA) is 525 Å². The molecule has 0 bridgehead atoms. The van der Waals surface area contributed by atoms with E-state index in [4.69, 9.17) is 40.1 Å². The Balaban J connectivity index is 2.24. The van der Waals surface area contributed by atoms with E-state index >= 15 is 0 Å². The van der Waals surface area contributed by atoms with Gasteiger partial charge in [-0.1, -0.05) is 12.5 Å². The SMILES string of the molecule is C[C@H](NC(=O)[C@@H](NC(=O)[C@@H](N)CCCCN)[C@@H](O)CN)C(=O)NCC(=O)N[C@H](CCCN)C(=O)N1C[C@H](O)C[C@H]1C(=O)N[C@@H](Cc1cnc[nH]1)C(=O)N[C@@H](CCCCN)C(=O)N/C(=C\CCN=C(N)N)C(=O)O. The van der Waals surface area contributed by atoms with Crippen LogP contribution in [0.15, 0.2) is 29.3 Å². The number of nitrogens with two attached hydrogens (primary N) is 7. The van der Waals surface area contributed by atoms with Crippen LogP contribution in [0.2, 0.25) is 0 Å². The molecule has 30 heteroatoms. The Labute approximate surface area is 421 Å². The van der Waals surface area contributed by atoms with E-state index in [0.717, 1.165) is 4.90 Å². The van der Waals surface area contributed by atoms with Crippen molar-refractivity contribution in [3.05, 3.63) is 30.0 Å². The van der Waals surface area contributed by atoms with Gasteiger partial charge < -0.3 is 103 Å². The number of guanidine groups is 1. The molecule has 1 aliphatic heterocycles. The number of aliphatic hydroxyl groups excluding tert-OH is 2. The molecule has 0 unspecified atom stereocenters. The van der Waals surface area contributed by atoms with E-state index in [0.29, 0.717) is 37.9 Å². The summed E-state index contributed by atoms with van der Waals surface area (Å²) in [4.78, 5) is 132. The van der Waals surface area contributed by atoms with Crippen molar-refractivity contribution in [1.29, 1.82) is 0 Å². The fraction of sp³-hybridized carbons (Fsp3) is 0.651. The number of β-amino-alcohol motifs (C(OH)–C–C–N with tert-alkyl or cyclic N) is 1. The van der Waals surface area contributed by atoms with Crippen LogP contribution in [0.5, 0.6) is 0 Å². The lowest BCUT2D eigenvalue weighted by atomic mass is 10.0. The van der Waals surface area contributed by atoms with Gasteiger partial charge in [0.25, 0.3) is 0 Å². The number of aliphatic carboxylic acids is 1. The Kier molecular flexibility index (Phi) is 28.2. The highest BCUT2D eigenvalue weighted by Gasteiger charge is 2.43. The highest BCUT2D eigenvalue weighted by molar-refractivity contribution is 5.99. The van der Waals surface area contributed by atoms with Crippen LogP contribution in [-0.4, -0.2) is 190 Å². The predicted molar refractivity (Wildman–Crippen MR) is 263 cm³/mol. The molecule has 1 fully saturated rings. The van der Waals surface area contributed by atoms with E-state index in [9.17, 15) is 58.5 Å². The van der Waals surface area contributed by atoms with Gasteiger partial charge >= 0.3 is 5.97 Å². The lowest BCUT2D eigenvalue weighted by Gasteiger charge is -2.30. The summed E-state index contributed by atoms with van der Waals surface area (Å²) in [6.45, 7) is 0.538. The number of hydrogen-bond donors (Lipinski definition) is 18. The summed E-state index contributed by atoms with van der Waals surface area (Å²) in [6, 6.07) is -9.39. The molecule has 8 amide bonds. The molecule has 1 aliphatic rings. The number of rotatable bonds is 34. The molecule has 0 radical (unpaired) electrons. The van der Waals surface area contributed by atoms with Crippen LogP contribution in [0.25, 0.3) is 0 Å². The first kappa shape index (κ1) is 62.3. The van der Waals surface area contributed by atoms with Gasteiger partial charge in [-0.3, -0.25) is 43.3 Å². The third-order valence-electron chi connectivity index (χ3n) is 11.3. The van der Waals surface area contributed by atoms with E-state index in [1.807, 2.05) is 0 Å². The van der Waals surface area contributed by atoms with Crippen molar-refractivity contribution in [3.8, 4) is 0 Å². The number of aliphatic hydroxyl groups is 2. The summed E-state index contributed by atoms with van der Waals surface area (Å²) in [7, 11) is 0. The summed E-state index contributed by atoms with van der Waals surface area (Å²) in [5, 5.41) is 48.0. The minimum Gasteiger partial charge on any atom is -0.477 e. The third-order valence-corrected chi connectivity index (χ3v) is 11.3. The zero-order valence-corrected chi connectivity index (χ0v) is 41.1. The molecular weight excluding hydrogens is 961 g/mol. The molecule has 2 heterocycles. The van der Waals surface area contributed by atoms with E-state index in [-0.39, 0.29) is 77.1 Å². The number of H-pyrrole nitrogens is 1. The summed E-state index contributed by atoms with van der Waals surface area (Å²) in [5.74, 6) is -8.59. The number of unbranched alkanes of at least 4 members (excludes halogenated alkanes) is 2. The summed E-state index contributed by atoms with van der Waals surface area (Å²) in [5.41, 5.74) is 38.9. The maximum absolute atomic E-state index is 14.2. The number of carboxylic acid groups (broad SMARTS) is 1. The molecule has 30 nitrogen and oxygen atoms in total. The monoisotopic (exact) mass is 1040 g/mol. The number of carbonyl (C=O) groups is 9. The third kappa shape index (κ3) is 22.2. The molecule has 1 aromatic heterocycles. The van der Waals surface area contributed by atoms with E-state index < -0.39 is 127 Å². The number of aromatic amines is 1. The number of likely N-dealkylation sites (tertiary alicyclic amines) is 1. The summed E-state index contributed by atoms with van der Waals surface area (Å²) in [6.07, 6.45) is 3.07. The molecule has 0 spiro atoms. The van der Waals surface area contributed by atoms with E-state index in [1.54, 1.807) is 0 Å². The van der Waals surface area contributed by atoms with Gasteiger partial charge in [0.1, 0.15) is 41.9 Å². The minimum absolute atomic E-state index is 0.0148. The highest BCUT2D eigenvalue weighted by atomic mass is 16.4. The second kappa shape index (κ2) is 33.0. The number of carbonyl (C=O) groups excluding carboxylic acids is 8. The molecule has 2 rings (SSSR count). The molecule has 1 aromatic rings. The average Bonchev–Trinajstić information content (AvgIpc) is 4.02. The number of nitrogens with one attached hydrogen (secondary N) is 8. The number of imidazole rings is 1. The largest absolute Gasteiger partial charge is 0.477 e. The van der Waals surface area contributed by atoms with Crippen molar-refractivity contribution < 1.29 is 58.5 Å². The first-order valence-corrected chi connectivity index (χ1v) is 24.0. The second-order valence-corrected chi connectivity index (χ2v) is 17.3. The lowest BCUT2D eigenvalue weighted by molar-refractivity contribution is -0.142. The number of nitrogens with zero attached hydrogens (tertiary/aromatic N) is 3. The molecular formula is C43H76N18O12. The van der Waals surface area contributed by atoms with Gasteiger partial charge in [0.15, 0.2) is 5.96 Å². The van der Waals surface area contributed by atoms with Gasteiger partial charge in [0.05, 0.1) is 31.1 Å². The summed E-state index contributed by atoms with van der Waals surface area (Å²) >= 11 is 0. The van der Waals surface area contributed by atoms with Gasteiger partial charge in [-0.25, -0.2) is 9.78 Å². The zero-order valence-electron chi connectivity index (χ0n) is 41.1. The van der Waals surface area contributed by atoms with Gasteiger partial charge in [-0.05, 0) is 77.9 Å². The van der Waals surface area contributed by atoms with Gasteiger partial charge in [0.2, 0.25) is 47.3 Å². The van der Waals surface area contributed by atoms with Crippen LogP contribution in [0.4, 0.5) is 0 Å². The first-order valence-electron chi connectivity index (χ1n) is 24.0. The zero-order chi connectivity index (χ0) is 54.6. The van der Waals surface area contributed by atoms with Crippen LogP contribution >= 0.6 is 0 Å². The van der Waals surface area contributed by atoms with Crippen LogP contribution in [0.1, 0.15) is 76.8 Å². The Morgan fingerprint density at radius 2 is 1.48 bits per heavy atom. The Morgan fingerprint density at radius 3 is 2.08 bits per heavy atom. The summed E-state index contributed by atoms with van der Waals surface area (Å²) < 4.78 is 0. The average molecular weight is 1040 g/mol. The number of hydrogen-bond acceptors (Lipinski definition) is 18. The van der Waals surface area contributed by atoms with Gasteiger partial charge in [-0.15, -0.1) is 0 Å². The van der Waals surface area contributed by atoms with Gasteiger partial charge in [-0.2, -0.15) is 0 Å². The Hall–Kier alpha value is -6.83. The van der Waals surface area contributed by atoms with Gasteiger partial charge in [0, 0.05) is 44.4 Å². The number of aliphatic imine (C=N–C) groups is 1. The fourth-order valence-corrected chi connectivity index (χ4v) is 7.33. The fourth-order valence-electron chi connectivity index (χ4n) is 7.33. The molecule has 0 aromatic carbocycles. The van der Waals surface area contributed by atoms with E-state index in [2.05, 4.69) is 52.2 Å². The lowest BCUT2D eigenvalue weighted by Crippen LogP contribution is -2.60. The normalized spacial score (nSPS) is 17.3. The Morgan fingerprint density at radius 1 is 0.822 bits per heavy atom. The van der Waals surface area contributed by atoms with Crippen LogP contribution in [-0.2, 0) is 49.6 Å². The van der Waals surface area contributed by atoms with Crippen LogP contribution in [0, 0.1) is 0 Å². The second-order valence-electron chi connectivity index (χ2n) is 17.3. The molecule has 410 valence electrons. The number of amides is 8. The molecule has 25 N–H and O–H groups in total. The highest BCUT2D eigenvalue weighted by Crippen LogP contribution is 2.21. The van der Waals surface area contributed by atoms with Crippen molar-refractivity contribution in [2.24, 2.45) is 45.1 Å². The molecule has 9 atom stereocenters. The maximum Gasteiger partial charge on any atom is 0.352 e. The van der Waals surface area contributed by atoms with Crippen molar-refractivity contribution in [2.75, 3.05) is 45.8 Å². The van der Waals surface area contributed by atoms with Crippen molar-refractivity contribution in [3.63, 3.8) is 0 Å².